The van der Waals surface area contributed by atoms with Gasteiger partial charge in [0.25, 0.3) is 0 Å². The Hall–Kier alpha value is 0.370. The molecule has 0 heterocycles. The van der Waals surface area contributed by atoms with Crippen LogP contribution in [0.1, 0.15) is 47.5 Å². The predicted molar refractivity (Wildman–Crippen MR) is 84.5 cm³/mol. The van der Waals surface area contributed by atoms with E-state index in [9.17, 15) is 0 Å². The molecule has 16 heavy (non-hydrogen) atoms. The van der Waals surface area contributed by atoms with E-state index in [1.54, 1.807) is 0 Å². The Labute approximate surface area is 108 Å². The van der Waals surface area contributed by atoms with Crippen molar-refractivity contribution in [3.8, 4) is 0 Å². The first-order valence-electron chi connectivity index (χ1n) is 6.29. The van der Waals surface area contributed by atoms with Gasteiger partial charge < -0.3 is 0 Å². The SMILES string of the molecule is C=NCC(C)S(SC)(C(C)CC)C(C)CC. The molecule has 98 valence electrons. The van der Waals surface area contributed by atoms with Gasteiger partial charge >= 0.3 is 0 Å². The van der Waals surface area contributed by atoms with Gasteiger partial charge in [0.15, 0.2) is 0 Å². The van der Waals surface area contributed by atoms with Gasteiger partial charge in [0, 0.05) is 11.8 Å². The molecule has 0 saturated heterocycles. The molecule has 0 spiro atoms. The molecule has 0 amide bonds. The minimum absolute atomic E-state index is 0.650. The second kappa shape index (κ2) is 7.65. The first kappa shape index (κ1) is 16.4. The third kappa shape index (κ3) is 3.19. The molecule has 0 aromatic heterocycles. The number of rotatable bonds is 8. The van der Waals surface area contributed by atoms with Crippen LogP contribution in [0.2, 0.25) is 0 Å². The second-order valence-corrected chi connectivity index (χ2v) is 11.4. The number of nitrogens with zero attached hydrogens (tertiary/aromatic N) is 1. The maximum absolute atomic E-state index is 4.14. The standard InChI is InChI=1S/C13H29NS2/c1-8-11(3)16(15-7,12(4)9-2)13(5)10-14-6/h11-13H,6,8-10H2,1-5,7H3. The topological polar surface area (TPSA) is 12.4 Å². The molecule has 0 aromatic carbocycles. The molecule has 3 atom stereocenters. The highest BCUT2D eigenvalue weighted by Gasteiger charge is 2.38. The summed E-state index contributed by atoms with van der Waals surface area (Å²) in [5.41, 5.74) is 0. The van der Waals surface area contributed by atoms with Crippen molar-refractivity contribution in [2.24, 2.45) is 4.99 Å². The maximum Gasteiger partial charge on any atom is 0.0491 e. The van der Waals surface area contributed by atoms with Gasteiger partial charge in [-0.15, -0.1) is 10.8 Å². The van der Waals surface area contributed by atoms with Gasteiger partial charge in [0.1, 0.15) is 0 Å². The van der Waals surface area contributed by atoms with Crippen LogP contribution in [0.3, 0.4) is 0 Å². The molecule has 0 N–H and O–H groups in total. The lowest BCUT2D eigenvalue weighted by Crippen LogP contribution is -2.31. The fourth-order valence-corrected chi connectivity index (χ4v) is 11.2. The number of aliphatic imine (C=N–C) groups is 1. The molecule has 0 bridgehead atoms. The van der Waals surface area contributed by atoms with E-state index in [4.69, 9.17) is 0 Å². The van der Waals surface area contributed by atoms with Gasteiger partial charge in [-0.3, -0.25) is 4.99 Å². The summed E-state index contributed by atoms with van der Waals surface area (Å²) >= 11 is 0. The normalized spacial score (nSPS) is 22.9. The Bertz CT molecular complexity index is 196. The highest BCUT2D eigenvalue weighted by molar-refractivity contribution is 8.94. The summed E-state index contributed by atoms with van der Waals surface area (Å²) in [5.74, 6) is 0. The van der Waals surface area contributed by atoms with Crippen LogP contribution < -0.4 is 0 Å². The largest absolute Gasteiger partial charge is 0.300 e. The van der Waals surface area contributed by atoms with E-state index in [-0.39, 0.29) is 0 Å². The van der Waals surface area contributed by atoms with Gasteiger partial charge in [0.2, 0.25) is 0 Å². The molecule has 0 aromatic rings. The molecule has 0 rings (SSSR count). The summed E-state index contributed by atoms with van der Waals surface area (Å²) in [7, 11) is 1.48. The molecule has 3 heteroatoms. The minimum atomic E-state index is -0.650. The van der Waals surface area contributed by atoms with Crippen LogP contribution >= 0.6 is 19.9 Å². The van der Waals surface area contributed by atoms with E-state index < -0.39 is 9.06 Å². The second-order valence-electron chi connectivity index (χ2n) is 4.52. The number of hydrogen-bond donors (Lipinski definition) is 0. The van der Waals surface area contributed by atoms with Crippen molar-refractivity contribution in [1.82, 2.24) is 0 Å². The lowest BCUT2D eigenvalue weighted by Gasteiger charge is -2.52. The summed E-state index contributed by atoms with van der Waals surface area (Å²) in [5, 5.41) is 2.31. The molecule has 0 aliphatic heterocycles. The van der Waals surface area contributed by atoms with E-state index in [2.05, 4.69) is 63.4 Å². The zero-order valence-electron chi connectivity index (χ0n) is 11.8. The van der Waals surface area contributed by atoms with Crippen molar-refractivity contribution >= 4 is 26.6 Å². The van der Waals surface area contributed by atoms with E-state index in [1.165, 1.54) is 12.8 Å². The number of hydrogen-bond acceptors (Lipinski definition) is 2. The Balaban J connectivity index is 5.16. The van der Waals surface area contributed by atoms with Crippen LogP contribution in [0.4, 0.5) is 0 Å². The summed E-state index contributed by atoms with van der Waals surface area (Å²) in [4.78, 5) is 4.14. The molecule has 0 aliphatic carbocycles. The van der Waals surface area contributed by atoms with Gasteiger partial charge in [-0.1, -0.05) is 34.6 Å². The van der Waals surface area contributed by atoms with Gasteiger partial charge in [0.05, 0.1) is 0 Å². The van der Waals surface area contributed by atoms with Crippen LogP contribution in [-0.4, -0.2) is 35.3 Å². The highest BCUT2D eigenvalue weighted by atomic mass is 33.2. The summed E-state index contributed by atoms with van der Waals surface area (Å²) in [6.07, 6.45) is 4.86. The molecular weight excluding hydrogens is 234 g/mol. The van der Waals surface area contributed by atoms with E-state index >= 15 is 0 Å². The van der Waals surface area contributed by atoms with Crippen LogP contribution in [0, 0.1) is 0 Å². The third-order valence-corrected chi connectivity index (χ3v) is 13.6. The first-order chi connectivity index (χ1) is 7.50. The van der Waals surface area contributed by atoms with Crippen LogP contribution in [0.5, 0.6) is 0 Å². The van der Waals surface area contributed by atoms with Gasteiger partial charge in [-0.2, -0.15) is 9.06 Å². The molecular formula is C13H29NS2. The smallest absolute Gasteiger partial charge is 0.0491 e. The Morgan fingerprint density at radius 3 is 1.75 bits per heavy atom. The van der Waals surface area contributed by atoms with Crippen LogP contribution in [0.15, 0.2) is 4.99 Å². The molecule has 0 fully saturated rings. The van der Waals surface area contributed by atoms with Crippen LogP contribution in [-0.2, 0) is 0 Å². The van der Waals surface area contributed by atoms with Crippen LogP contribution in [0.25, 0.3) is 0 Å². The fraction of sp³-hybridized carbons (Fsp3) is 0.923. The Morgan fingerprint density at radius 1 is 1.06 bits per heavy atom. The molecule has 0 aliphatic rings. The average Bonchev–Trinajstić information content (AvgIpc) is 2.30. The quantitative estimate of drug-likeness (QED) is 0.454. The maximum atomic E-state index is 4.14. The van der Waals surface area contributed by atoms with E-state index in [0.29, 0.717) is 5.25 Å². The van der Waals surface area contributed by atoms with Crippen molar-refractivity contribution in [2.75, 3.05) is 12.8 Å². The fourth-order valence-electron chi connectivity index (χ4n) is 2.50. The van der Waals surface area contributed by atoms with E-state index in [1.807, 2.05) is 0 Å². The van der Waals surface area contributed by atoms with Crippen molar-refractivity contribution in [3.63, 3.8) is 0 Å². The van der Waals surface area contributed by atoms with E-state index in [0.717, 1.165) is 17.0 Å². The zero-order valence-corrected chi connectivity index (χ0v) is 13.5. The minimum Gasteiger partial charge on any atom is -0.300 e. The average molecular weight is 264 g/mol. The van der Waals surface area contributed by atoms with Crippen molar-refractivity contribution in [2.45, 2.75) is 63.2 Å². The van der Waals surface area contributed by atoms with Crippen molar-refractivity contribution in [3.05, 3.63) is 0 Å². The van der Waals surface area contributed by atoms with Gasteiger partial charge in [-0.05, 0) is 36.3 Å². The predicted octanol–water partition coefficient (Wildman–Crippen LogP) is 4.76. The Morgan fingerprint density at radius 2 is 1.50 bits per heavy atom. The monoisotopic (exact) mass is 263 g/mol. The Kier molecular flexibility index (Phi) is 7.83. The molecule has 0 radical (unpaired) electrons. The third-order valence-electron chi connectivity index (χ3n) is 3.71. The lowest BCUT2D eigenvalue weighted by molar-refractivity contribution is 0.813. The molecule has 3 unspecified atom stereocenters. The molecule has 1 nitrogen and oxygen atoms in total. The zero-order chi connectivity index (χ0) is 12.8. The van der Waals surface area contributed by atoms with Crippen molar-refractivity contribution in [1.29, 1.82) is 0 Å². The highest BCUT2D eigenvalue weighted by Crippen LogP contribution is 2.70. The summed E-state index contributed by atoms with van der Waals surface area (Å²) in [6, 6.07) is 0. The summed E-state index contributed by atoms with van der Waals surface area (Å²) < 4.78 is 0. The summed E-state index contributed by atoms with van der Waals surface area (Å²) in [6.45, 7) is 16.5. The van der Waals surface area contributed by atoms with Crippen molar-refractivity contribution < 1.29 is 0 Å². The molecule has 0 saturated carbocycles. The first-order valence-corrected chi connectivity index (χ1v) is 9.85. The van der Waals surface area contributed by atoms with Gasteiger partial charge in [-0.25, -0.2) is 0 Å². The lowest BCUT2D eigenvalue weighted by atomic mass is 10.4.